The Kier molecular flexibility index (Phi) is 3.35. The normalized spacial score (nSPS) is 10.6. The summed E-state index contributed by atoms with van der Waals surface area (Å²) in [6, 6.07) is 14.3. The number of carbonyl (C=O) groups is 1. The van der Waals surface area contributed by atoms with Crippen LogP contribution in [-0.2, 0) is 0 Å². The second-order valence-electron chi connectivity index (χ2n) is 4.07. The maximum absolute atomic E-state index is 10.9. The van der Waals surface area contributed by atoms with Crippen LogP contribution in [0.4, 0.5) is 0 Å². The summed E-state index contributed by atoms with van der Waals surface area (Å²) in [5.74, 6) is -0.946. The van der Waals surface area contributed by atoms with Crippen LogP contribution in [-0.4, -0.2) is 21.0 Å². The first-order valence-electron chi connectivity index (χ1n) is 5.88. The Morgan fingerprint density at radius 3 is 2.85 bits per heavy atom. The lowest BCUT2D eigenvalue weighted by molar-refractivity contribution is 0.0696. The number of rotatable bonds is 3. The summed E-state index contributed by atoms with van der Waals surface area (Å²) in [7, 11) is 0. The van der Waals surface area contributed by atoms with Gasteiger partial charge in [-0.1, -0.05) is 24.3 Å². The number of nitrogens with zero attached hydrogens (tertiary/aromatic N) is 2. The van der Waals surface area contributed by atoms with E-state index in [1.807, 2.05) is 30.3 Å². The van der Waals surface area contributed by atoms with E-state index in [9.17, 15) is 4.79 Å². The number of hydrogen-bond donors (Lipinski definition) is 1. The van der Waals surface area contributed by atoms with Crippen molar-refractivity contribution in [2.24, 2.45) is 0 Å². The van der Waals surface area contributed by atoms with Crippen LogP contribution in [0.25, 0.3) is 10.9 Å². The third-order valence-electron chi connectivity index (χ3n) is 2.68. The van der Waals surface area contributed by atoms with E-state index in [0.717, 1.165) is 15.8 Å². The van der Waals surface area contributed by atoms with Crippen molar-refractivity contribution in [3.63, 3.8) is 0 Å². The summed E-state index contributed by atoms with van der Waals surface area (Å²) >= 11 is 1.32. The van der Waals surface area contributed by atoms with Gasteiger partial charge in [-0.2, -0.15) is 0 Å². The number of aromatic carboxylic acids is 1. The third-order valence-corrected chi connectivity index (χ3v) is 3.54. The maximum atomic E-state index is 10.9. The molecule has 97 valence electrons. The molecule has 0 saturated carbocycles. The molecule has 0 aliphatic rings. The average molecular weight is 281 g/mol. The highest BCUT2D eigenvalue weighted by molar-refractivity contribution is 7.99. The molecule has 1 aromatic heterocycles. The van der Waals surface area contributed by atoms with Crippen LogP contribution in [0.2, 0.25) is 0 Å². The Bertz CT molecular complexity index is 789. The van der Waals surface area contributed by atoms with Crippen molar-refractivity contribution < 1.29 is 9.90 Å². The Balaban J connectivity index is 1.92. The summed E-state index contributed by atoms with van der Waals surface area (Å²) in [4.78, 5) is 20.3. The van der Waals surface area contributed by atoms with Crippen molar-refractivity contribution in [1.29, 1.82) is 0 Å². The van der Waals surface area contributed by atoms with E-state index >= 15 is 0 Å². The quantitative estimate of drug-likeness (QED) is 0.746. The monoisotopic (exact) mass is 281 g/mol. The predicted molar refractivity (Wildman–Crippen MR) is 75.9 cm³/mol. The van der Waals surface area contributed by atoms with Crippen LogP contribution < -0.4 is 0 Å². The number of aromatic nitrogens is 2. The maximum Gasteiger partial charge on any atom is 0.335 e. The van der Waals surface area contributed by atoms with E-state index in [0.29, 0.717) is 5.16 Å². The highest BCUT2D eigenvalue weighted by atomic mass is 32.2. The van der Waals surface area contributed by atoms with E-state index in [1.54, 1.807) is 18.2 Å². The molecule has 0 saturated heterocycles. The van der Waals surface area contributed by atoms with Crippen molar-refractivity contribution in [1.82, 2.24) is 9.97 Å². The molecule has 3 aromatic rings. The molecule has 0 spiro atoms. The lowest BCUT2D eigenvalue weighted by atomic mass is 10.2. The molecule has 0 aliphatic carbocycles. The molecule has 1 radical (unpaired) electrons. The molecule has 0 amide bonds. The van der Waals surface area contributed by atoms with Crippen molar-refractivity contribution >= 4 is 28.6 Å². The summed E-state index contributed by atoms with van der Waals surface area (Å²) in [6.07, 6.45) is 2.93. The molecule has 4 nitrogen and oxygen atoms in total. The fraction of sp³-hybridized carbons (Fsp3) is 0. The largest absolute Gasteiger partial charge is 0.478 e. The van der Waals surface area contributed by atoms with Crippen LogP contribution >= 0.6 is 11.8 Å². The Morgan fingerprint density at radius 2 is 2.00 bits per heavy atom. The minimum Gasteiger partial charge on any atom is -0.478 e. The first-order chi connectivity index (χ1) is 9.72. The first kappa shape index (κ1) is 12.6. The van der Waals surface area contributed by atoms with Crippen molar-refractivity contribution in [2.75, 3.05) is 0 Å². The summed E-state index contributed by atoms with van der Waals surface area (Å²) in [5.41, 5.74) is 1.07. The van der Waals surface area contributed by atoms with E-state index in [4.69, 9.17) is 5.11 Å². The smallest absolute Gasteiger partial charge is 0.335 e. The van der Waals surface area contributed by atoms with E-state index < -0.39 is 5.97 Å². The van der Waals surface area contributed by atoms with Crippen molar-refractivity contribution in [3.8, 4) is 0 Å². The van der Waals surface area contributed by atoms with Gasteiger partial charge in [-0.3, -0.25) is 0 Å². The second kappa shape index (κ2) is 5.30. The third kappa shape index (κ3) is 2.62. The molecule has 1 heterocycles. The predicted octanol–water partition coefficient (Wildman–Crippen LogP) is 3.28. The van der Waals surface area contributed by atoms with Gasteiger partial charge in [0.1, 0.15) is 6.20 Å². The summed E-state index contributed by atoms with van der Waals surface area (Å²) < 4.78 is 0. The molecule has 2 aromatic carbocycles. The lowest BCUT2D eigenvalue weighted by Crippen LogP contribution is -1.95. The zero-order chi connectivity index (χ0) is 13.9. The minimum atomic E-state index is -0.946. The topological polar surface area (TPSA) is 63.1 Å². The zero-order valence-electron chi connectivity index (χ0n) is 10.3. The van der Waals surface area contributed by atoms with Crippen LogP contribution in [0, 0.1) is 6.20 Å². The molecular formula is C15H9N2O2S. The highest BCUT2D eigenvalue weighted by Crippen LogP contribution is 2.26. The molecule has 20 heavy (non-hydrogen) atoms. The number of hydrogen-bond acceptors (Lipinski definition) is 4. The highest BCUT2D eigenvalue weighted by Gasteiger charge is 2.06. The molecule has 1 N–H and O–H groups in total. The number of fused-ring (bicyclic) bond motifs is 1. The average Bonchev–Trinajstić information content (AvgIpc) is 2.47. The first-order valence-corrected chi connectivity index (χ1v) is 6.70. The van der Waals surface area contributed by atoms with Gasteiger partial charge in [-0.05, 0) is 36.0 Å². The Labute approximate surface area is 119 Å². The Hall–Kier alpha value is -2.40. The van der Waals surface area contributed by atoms with Gasteiger partial charge in [-0.15, -0.1) is 0 Å². The minimum absolute atomic E-state index is 0.250. The van der Waals surface area contributed by atoms with Gasteiger partial charge in [0.15, 0.2) is 5.16 Å². The molecule has 0 bridgehead atoms. The van der Waals surface area contributed by atoms with E-state index in [2.05, 4.69) is 16.2 Å². The second-order valence-corrected chi connectivity index (χ2v) is 5.11. The number of para-hydroxylation sites is 1. The van der Waals surface area contributed by atoms with Gasteiger partial charge in [0.05, 0.1) is 11.1 Å². The fourth-order valence-corrected chi connectivity index (χ4v) is 2.52. The van der Waals surface area contributed by atoms with Gasteiger partial charge in [0.25, 0.3) is 0 Å². The summed E-state index contributed by atoms with van der Waals surface area (Å²) in [5, 5.41) is 10.4. The zero-order valence-corrected chi connectivity index (χ0v) is 11.1. The van der Waals surface area contributed by atoms with Gasteiger partial charge >= 0.3 is 5.97 Å². The SMILES string of the molecule is O=C(O)c1cccc(Sc2n[c]c3ccccc3n2)c1. The summed E-state index contributed by atoms with van der Waals surface area (Å²) in [6.45, 7) is 0. The molecule has 0 atom stereocenters. The molecule has 0 unspecified atom stereocenters. The van der Waals surface area contributed by atoms with Crippen molar-refractivity contribution in [3.05, 3.63) is 60.3 Å². The molecular weight excluding hydrogens is 272 g/mol. The van der Waals surface area contributed by atoms with Crippen LogP contribution in [0.3, 0.4) is 0 Å². The van der Waals surface area contributed by atoms with Crippen LogP contribution in [0.5, 0.6) is 0 Å². The molecule has 5 heteroatoms. The van der Waals surface area contributed by atoms with Gasteiger partial charge in [0, 0.05) is 10.3 Å². The molecule has 0 aliphatic heterocycles. The van der Waals surface area contributed by atoms with Gasteiger partial charge in [-0.25, -0.2) is 14.8 Å². The number of carboxylic acid groups (broad SMARTS) is 1. The standard InChI is InChI=1S/C15H9N2O2S/c18-14(19)10-5-3-6-12(8-10)20-15-16-9-11-4-1-2-7-13(11)17-15/h1-8H,(H,18,19). The number of carboxylic acids is 1. The van der Waals surface area contributed by atoms with Crippen LogP contribution in [0.1, 0.15) is 10.4 Å². The van der Waals surface area contributed by atoms with Crippen LogP contribution in [0.15, 0.2) is 58.6 Å². The molecule has 3 rings (SSSR count). The van der Waals surface area contributed by atoms with E-state index in [1.165, 1.54) is 11.8 Å². The van der Waals surface area contributed by atoms with Gasteiger partial charge in [0.2, 0.25) is 0 Å². The molecule has 0 fully saturated rings. The lowest BCUT2D eigenvalue weighted by Gasteiger charge is -2.02. The van der Waals surface area contributed by atoms with Crippen molar-refractivity contribution in [2.45, 2.75) is 10.1 Å². The van der Waals surface area contributed by atoms with E-state index in [-0.39, 0.29) is 5.56 Å². The number of benzene rings is 2. The fourth-order valence-electron chi connectivity index (χ4n) is 1.75. The Morgan fingerprint density at radius 1 is 1.15 bits per heavy atom. The van der Waals surface area contributed by atoms with Gasteiger partial charge < -0.3 is 5.11 Å².